The van der Waals surface area contributed by atoms with Crippen molar-refractivity contribution in [2.75, 3.05) is 26.1 Å². The number of benzene rings is 2. The Morgan fingerprint density at radius 3 is 2.23 bits per heavy atom. The van der Waals surface area contributed by atoms with Gasteiger partial charge in [0.2, 0.25) is 5.76 Å². The van der Waals surface area contributed by atoms with Gasteiger partial charge in [0.1, 0.15) is 5.75 Å². The minimum atomic E-state index is -0.868. The molecule has 0 aliphatic carbocycles. The summed E-state index contributed by atoms with van der Waals surface area (Å²) < 4.78 is 20.5. The molecular formula is C27H33NO7. The van der Waals surface area contributed by atoms with Crippen molar-refractivity contribution in [1.29, 1.82) is 0 Å². The first-order chi connectivity index (χ1) is 17.0. The number of rotatable bonds is 14. The molecule has 0 fully saturated rings. The first-order valence-corrected chi connectivity index (χ1v) is 11.7. The van der Waals surface area contributed by atoms with Crippen molar-refractivity contribution in [2.45, 2.75) is 45.4 Å². The van der Waals surface area contributed by atoms with Crippen LogP contribution < -0.4 is 14.8 Å². The van der Waals surface area contributed by atoms with Crippen LogP contribution in [-0.4, -0.2) is 38.7 Å². The number of amides is 1. The number of nitrogens with one attached hydrogen (secondary N) is 1. The minimum Gasteiger partial charge on any atom is -0.494 e. The Morgan fingerprint density at radius 2 is 1.54 bits per heavy atom. The molecule has 0 saturated carbocycles. The highest BCUT2D eigenvalue weighted by Gasteiger charge is 2.18. The lowest BCUT2D eigenvalue weighted by atomic mass is 10.1. The fraction of sp³-hybridized carbons (Fsp3) is 0.370. The van der Waals surface area contributed by atoms with Crippen LogP contribution >= 0.6 is 0 Å². The number of hydrogen-bond donors (Lipinski definition) is 1. The molecule has 0 aliphatic heterocycles. The van der Waals surface area contributed by atoms with E-state index in [0.29, 0.717) is 23.6 Å². The Bertz CT molecular complexity index is 999. The summed E-state index contributed by atoms with van der Waals surface area (Å²) in [5, 5.41) is 2.75. The molecule has 8 nitrogen and oxygen atoms in total. The summed E-state index contributed by atoms with van der Waals surface area (Å²) >= 11 is 0. The molecule has 2 aromatic carbocycles. The number of methoxy groups -OCH3 is 2. The Kier molecular flexibility index (Phi) is 11.9. The molecule has 0 spiro atoms. The van der Waals surface area contributed by atoms with Crippen molar-refractivity contribution in [2.24, 2.45) is 0 Å². The average molecular weight is 484 g/mol. The second-order valence-electron chi connectivity index (χ2n) is 7.72. The van der Waals surface area contributed by atoms with Crippen molar-refractivity contribution < 1.29 is 33.3 Å². The molecule has 0 atom stereocenters. The number of anilines is 1. The molecule has 0 aliphatic rings. The smallest absolute Gasteiger partial charge is 0.374 e. The predicted molar refractivity (Wildman–Crippen MR) is 132 cm³/mol. The summed E-state index contributed by atoms with van der Waals surface area (Å²) in [5.74, 6) is -1.55. The third kappa shape index (κ3) is 9.52. The second-order valence-corrected chi connectivity index (χ2v) is 7.72. The van der Waals surface area contributed by atoms with Crippen LogP contribution in [0.2, 0.25) is 0 Å². The maximum absolute atomic E-state index is 12.8. The Balaban J connectivity index is 1.99. The van der Waals surface area contributed by atoms with Gasteiger partial charge in [-0.2, -0.15) is 0 Å². The molecule has 0 bridgehead atoms. The van der Waals surface area contributed by atoms with Gasteiger partial charge in [-0.3, -0.25) is 4.79 Å². The number of unbranched alkanes of at least 4 members (excludes halogenated alkanes) is 5. The van der Waals surface area contributed by atoms with Crippen LogP contribution in [0.3, 0.4) is 0 Å². The van der Waals surface area contributed by atoms with Gasteiger partial charge in [-0.1, -0.05) is 51.2 Å². The minimum absolute atomic E-state index is 0.153. The highest BCUT2D eigenvalue weighted by Crippen LogP contribution is 2.27. The van der Waals surface area contributed by atoms with Crippen LogP contribution in [0.5, 0.6) is 11.5 Å². The zero-order valence-corrected chi connectivity index (χ0v) is 20.5. The molecule has 0 saturated heterocycles. The van der Waals surface area contributed by atoms with Gasteiger partial charge >= 0.3 is 11.9 Å². The molecule has 35 heavy (non-hydrogen) atoms. The summed E-state index contributed by atoms with van der Waals surface area (Å²) in [6, 6.07) is 13.4. The third-order valence-corrected chi connectivity index (χ3v) is 5.08. The summed E-state index contributed by atoms with van der Waals surface area (Å²) in [6.07, 6.45) is 8.01. The van der Waals surface area contributed by atoms with Crippen LogP contribution in [0.25, 0.3) is 0 Å². The lowest BCUT2D eigenvalue weighted by molar-refractivity contribution is -0.140. The van der Waals surface area contributed by atoms with Crippen molar-refractivity contribution >= 4 is 23.5 Å². The number of carbonyl (C=O) groups excluding carboxylic acids is 3. The maximum Gasteiger partial charge on any atom is 0.374 e. The molecule has 0 unspecified atom stereocenters. The van der Waals surface area contributed by atoms with Gasteiger partial charge in [0.15, 0.2) is 5.75 Å². The monoisotopic (exact) mass is 483 g/mol. The van der Waals surface area contributed by atoms with Gasteiger partial charge in [-0.25, -0.2) is 9.59 Å². The van der Waals surface area contributed by atoms with Gasteiger partial charge in [0.25, 0.3) is 5.91 Å². The molecule has 2 rings (SSSR count). The molecule has 8 heteroatoms. The van der Waals surface area contributed by atoms with Gasteiger partial charge in [-0.15, -0.1) is 0 Å². The van der Waals surface area contributed by atoms with Crippen LogP contribution in [0.4, 0.5) is 5.69 Å². The lowest BCUT2D eigenvalue weighted by Gasteiger charge is -2.13. The van der Waals surface area contributed by atoms with Crippen molar-refractivity contribution in [3.63, 3.8) is 0 Å². The summed E-state index contributed by atoms with van der Waals surface area (Å²) in [6.45, 7) is 2.84. The quantitative estimate of drug-likeness (QED) is 0.169. The van der Waals surface area contributed by atoms with Gasteiger partial charge in [-0.05, 0) is 42.8 Å². The Morgan fingerprint density at radius 1 is 0.857 bits per heavy atom. The van der Waals surface area contributed by atoms with E-state index in [1.165, 1.54) is 32.8 Å². The standard InChI is InChI=1S/C27H33NO7/c1-4-5-6-7-8-11-18-34-21-16-14-20(15-17-21)26(30)28-22-12-9-10-13-23(22)35-24(27(31)33-3)19-25(29)32-2/h9-10,12-17,19H,4-8,11,18H2,1-3H3,(H,28,30)/b24-19-. The zero-order valence-electron chi connectivity index (χ0n) is 20.5. The molecular weight excluding hydrogens is 450 g/mol. The highest BCUT2D eigenvalue weighted by molar-refractivity contribution is 6.05. The van der Waals surface area contributed by atoms with Crippen LogP contribution in [0, 0.1) is 0 Å². The van der Waals surface area contributed by atoms with Crippen molar-refractivity contribution in [3.05, 3.63) is 65.9 Å². The largest absolute Gasteiger partial charge is 0.494 e. The third-order valence-electron chi connectivity index (χ3n) is 5.08. The van der Waals surface area contributed by atoms with Crippen LogP contribution in [0.1, 0.15) is 55.8 Å². The molecule has 2 aromatic rings. The van der Waals surface area contributed by atoms with Gasteiger partial charge in [0, 0.05) is 5.56 Å². The summed E-state index contributed by atoms with van der Waals surface area (Å²) in [5.41, 5.74) is 0.727. The van der Waals surface area contributed by atoms with E-state index in [1.54, 1.807) is 48.5 Å². The van der Waals surface area contributed by atoms with Crippen molar-refractivity contribution in [3.8, 4) is 11.5 Å². The van der Waals surface area contributed by atoms with Crippen molar-refractivity contribution in [1.82, 2.24) is 0 Å². The lowest BCUT2D eigenvalue weighted by Crippen LogP contribution is -2.16. The number of hydrogen-bond acceptors (Lipinski definition) is 7. The molecule has 0 radical (unpaired) electrons. The van der Waals surface area contributed by atoms with E-state index in [-0.39, 0.29) is 17.4 Å². The molecule has 0 aromatic heterocycles. The number of carbonyl (C=O) groups is 3. The number of esters is 2. The Labute approximate surface area is 206 Å². The van der Waals surface area contributed by atoms with E-state index in [0.717, 1.165) is 26.0 Å². The topological polar surface area (TPSA) is 100 Å². The number of ether oxygens (including phenoxy) is 4. The van der Waals surface area contributed by atoms with Crippen LogP contribution in [-0.2, 0) is 19.1 Å². The average Bonchev–Trinajstić information content (AvgIpc) is 2.88. The highest BCUT2D eigenvalue weighted by atomic mass is 16.6. The SMILES string of the molecule is CCCCCCCCOc1ccc(C(=O)Nc2ccccc2O/C(=C\C(=O)OC)C(=O)OC)cc1. The first kappa shape index (κ1) is 27.4. The van der Waals surface area contributed by atoms with E-state index >= 15 is 0 Å². The fourth-order valence-electron chi connectivity index (χ4n) is 3.14. The van der Waals surface area contributed by atoms with E-state index in [1.807, 2.05) is 0 Å². The van der Waals surface area contributed by atoms with Crippen LogP contribution in [0.15, 0.2) is 60.4 Å². The second kappa shape index (κ2) is 15.2. The van der Waals surface area contributed by atoms with E-state index in [9.17, 15) is 14.4 Å². The molecule has 0 heterocycles. The first-order valence-electron chi connectivity index (χ1n) is 11.7. The van der Waals surface area contributed by atoms with E-state index < -0.39 is 11.9 Å². The molecule has 1 amide bonds. The van der Waals surface area contributed by atoms with Gasteiger partial charge in [0.05, 0.1) is 32.6 Å². The number of para-hydroxylation sites is 2. The molecule has 1 N–H and O–H groups in total. The Hall–Kier alpha value is -3.81. The summed E-state index contributed by atoms with van der Waals surface area (Å²) in [4.78, 5) is 36.3. The van der Waals surface area contributed by atoms with E-state index in [4.69, 9.17) is 9.47 Å². The predicted octanol–water partition coefficient (Wildman–Crippen LogP) is 5.29. The summed E-state index contributed by atoms with van der Waals surface area (Å²) in [7, 11) is 2.33. The zero-order chi connectivity index (χ0) is 25.5. The fourth-order valence-corrected chi connectivity index (χ4v) is 3.14. The van der Waals surface area contributed by atoms with Gasteiger partial charge < -0.3 is 24.3 Å². The maximum atomic E-state index is 12.8. The molecule has 188 valence electrons. The van der Waals surface area contributed by atoms with E-state index in [2.05, 4.69) is 21.7 Å². The normalized spacial score (nSPS) is 10.9.